The highest BCUT2D eigenvalue weighted by Gasteiger charge is 2.22. The Labute approximate surface area is 215 Å². The van der Waals surface area contributed by atoms with Gasteiger partial charge in [-0.1, -0.05) is 19.3 Å². The highest BCUT2D eigenvalue weighted by molar-refractivity contribution is 7.85. The number of rotatable bonds is 5. The largest absolute Gasteiger partial charge is 0.379 e. The summed E-state index contributed by atoms with van der Waals surface area (Å²) in [4.78, 5) is 21.6. The molecule has 0 spiro atoms. The van der Waals surface area contributed by atoms with Crippen LogP contribution in [0.2, 0.25) is 0 Å². The lowest BCUT2D eigenvalue weighted by Gasteiger charge is -2.26. The Hall–Kier alpha value is -2.38. The van der Waals surface area contributed by atoms with E-state index < -0.39 is 10.1 Å². The molecule has 1 saturated heterocycles. The van der Waals surface area contributed by atoms with Crippen molar-refractivity contribution in [2.45, 2.75) is 51.6 Å². The number of thiophene rings is 1. The minimum Gasteiger partial charge on any atom is -0.379 e. The van der Waals surface area contributed by atoms with Crippen LogP contribution in [0.1, 0.15) is 59.2 Å². The average molecular weight is 536 g/mol. The lowest BCUT2D eigenvalue weighted by atomic mass is 9.96. The van der Waals surface area contributed by atoms with Gasteiger partial charge >= 0.3 is 0 Å². The van der Waals surface area contributed by atoms with Crippen LogP contribution in [0, 0.1) is 6.92 Å². The Morgan fingerprint density at radius 1 is 1.22 bits per heavy atom. The van der Waals surface area contributed by atoms with Crippen molar-refractivity contribution in [2.24, 2.45) is 0 Å². The van der Waals surface area contributed by atoms with Gasteiger partial charge in [0.15, 0.2) is 0 Å². The van der Waals surface area contributed by atoms with Crippen molar-refractivity contribution in [1.82, 2.24) is 19.7 Å². The monoisotopic (exact) mass is 535 g/mol. The summed E-state index contributed by atoms with van der Waals surface area (Å²) in [5.74, 6) is -0.0847. The van der Waals surface area contributed by atoms with Crippen LogP contribution in [0.3, 0.4) is 0 Å². The van der Waals surface area contributed by atoms with Crippen molar-refractivity contribution in [3.63, 3.8) is 0 Å². The van der Waals surface area contributed by atoms with Gasteiger partial charge in [0, 0.05) is 25.0 Å². The van der Waals surface area contributed by atoms with Crippen LogP contribution in [-0.4, -0.2) is 71.1 Å². The Bertz CT molecular complexity index is 1270. The highest BCUT2D eigenvalue weighted by atomic mass is 32.2. The van der Waals surface area contributed by atoms with Crippen molar-refractivity contribution in [1.29, 1.82) is 0 Å². The quantitative estimate of drug-likeness (QED) is 0.471. The van der Waals surface area contributed by atoms with Crippen molar-refractivity contribution in [3.05, 3.63) is 40.7 Å². The number of carbonyl (C=O) groups excluding carboxylic acids is 1. The highest BCUT2D eigenvalue weighted by Crippen LogP contribution is 2.35. The van der Waals surface area contributed by atoms with E-state index in [4.69, 9.17) is 14.4 Å². The van der Waals surface area contributed by atoms with E-state index in [0.29, 0.717) is 12.3 Å². The molecular weight excluding hydrogens is 502 g/mol. The molecular formula is C24H33N5O5S2. The Morgan fingerprint density at radius 2 is 1.92 bits per heavy atom. The third-order valence-electron chi connectivity index (χ3n) is 6.28. The molecule has 12 heteroatoms. The fourth-order valence-corrected chi connectivity index (χ4v) is 5.66. The van der Waals surface area contributed by atoms with Crippen LogP contribution >= 0.6 is 11.3 Å². The Kier molecular flexibility index (Phi) is 8.73. The third kappa shape index (κ3) is 7.32. The number of morpholine rings is 1. The summed E-state index contributed by atoms with van der Waals surface area (Å²) in [5, 5.41) is 8.89. The van der Waals surface area contributed by atoms with E-state index in [1.54, 1.807) is 17.5 Å². The number of ether oxygens (including phenoxy) is 1. The van der Waals surface area contributed by atoms with Gasteiger partial charge in [-0.2, -0.15) is 13.5 Å². The minimum atomic E-state index is -3.67. The SMILES string of the molecule is CS(=O)(=O)O.Cc1nn(C2CCCCC2)c2sc(C(=O)Nc3ccc(CN4CCOCC4)nc3)cc12. The fraction of sp³-hybridized carbons (Fsp3) is 0.542. The first kappa shape index (κ1) is 26.7. The van der Waals surface area contributed by atoms with Crippen LogP contribution in [0.5, 0.6) is 0 Å². The molecule has 10 nitrogen and oxygen atoms in total. The Morgan fingerprint density at radius 3 is 2.56 bits per heavy atom. The first-order chi connectivity index (χ1) is 17.2. The van der Waals surface area contributed by atoms with E-state index in [-0.39, 0.29) is 5.91 Å². The van der Waals surface area contributed by atoms with Crippen LogP contribution in [0.4, 0.5) is 5.69 Å². The number of amides is 1. The molecule has 1 amide bonds. The van der Waals surface area contributed by atoms with Gasteiger partial charge in [-0.25, -0.2) is 0 Å². The molecule has 2 fully saturated rings. The minimum absolute atomic E-state index is 0.0847. The zero-order valence-corrected chi connectivity index (χ0v) is 22.3. The molecule has 1 aliphatic carbocycles. The van der Waals surface area contributed by atoms with Crippen molar-refractivity contribution >= 4 is 43.3 Å². The molecule has 36 heavy (non-hydrogen) atoms. The maximum Gasteiger partial charge on any atom is 0.265 e. The molecule has 0 bridgehead atoms. The lowest BCUT2D eigenvalue weighted by molar-refractivity contribution is 0.0336. The maximum atomic E-state index is 12.9. The van der Waals surface area contributed by atoms with Crippen LogP contribution < -0.4 is 5.32 Å². The smallest absolute Gasteiger partial charge is 0.265 e. The summed E-state index contributed by atoms with van der Waals surface area (Å²) in [6.07, 6.45) is 8.66. The second-order valence-electron chi connectivity index (χ2n) is 9.27. The summed E-state index contributed by atoms with van der Waals surface area (Å²) >= 11 is 1.54. The number of fused-ring (bicyclic) bond motifs is 1. The molecule has 3 aromatic rings. The van der Waals surface area contributed by atoms with Crippen LogP contribution in [-0.2, 0) is 21.4 Å². The van der Waals surface area contributed by atoms with Gasteiger partial charge in [-0.3, -0.25) is 23.9 Å². The van der Waals surface area contributed by atoms with E-state index in [1.807, 2.05) is 25.1 Å². The molecule has 2 N–H and O–H groups in total. The molecule has 0 unspecified atom stereocenters. The third-order valence-corrected chi connectivity index (χ3v) is 7.41. The number of aryl methyl sites for hydroxylation is 1. The second-order valence-corrected chi connectivity index (χ2v) is 11.8. The van der Waals surface area contributed by atoms with Crippen LogP contribution in [0.15, 0.2) is 24.4 Å². The van der Waals surface area contributed by atoms with Gasteiger partial charge in [0.05, 0.1) is 53.7 Å². The number of hydrogen-bond donors (Lipinski definition) is 2. The van der Waals surface area contributed by atoms with Crippen molar-refractivity contribution in [2.75, 3.05) is 37.9 Å². The zero-order valence-electron chi connectivity index (χ0n) is 20.6. The van der Waals surface area contributed by atoms with E-state index >= 15 is 0 Å². The number of pyridine rings is 1. The topological polar surface area (TPSA) is 127 Å². The number of nitrogens with zero attached hydrogens (tertiary/aromatic N) is 4. The number of aromatic nitrogens is 3. The first-order valence-electron chi connectivity index (χ1n) is 12.1. The van der Waals surface area contributed by atoms with Gasteiger partial charge in [-0.15, -0.1) is 11.3 Å². The van der Waals surface area contributed by atoms with Crippen LogP contribution in [0.25, 0.3) is 10.2 Å². The van der Waals surface area contributed by atoms with Gasteiger partial charge in [0.2, 0.25) is 0 Å². The molecule has 3 aromatic heterocycles. The van der Waals surface area contributed by atoms with E-state index in [9.17, 15) is 13.2 Å². The molecule has 0 radical (unpaired) electrons. The number of nitrogens with one attached hydrogen (secondary N) is 1. The molecule has 5 rings (SSSR count). The van der Waals surface area contributed by atoms with E-state index in [2.05, 4.69) is 19.9 Å². The lowest BCUT2D eigenvalue weighted by Crippen LogP contribution is -2.35. The summed E-state index contributed by atoms with van der Waals surface area (Å²) in [7, 11) is -3.67. The predicted molar refractivity (Wildman–Crippen MR) is 140 cm³/mol. The summed E-state index contributed by atoms with van der Waals surface area (Å²) in [6, 6.07) is 6.36. The summed E-state index contributed by atoms with van der Waals surface area (Å²) in [6.45, 7) is 6.27. The number of carbonyl (C=O) groups is 1. The molecule has 4 heterocycles. The zero-order chi connectivity index (χ0) is 25.7. The van der Waals surface area contributed by atoms with Gasteiger partial charge in [0.1, 0.15) is 4.83 Å². The summed E-state index contributed by atoms with van der Waals surface area (Å²) in [5.41, 5.74) is 2.73. The molecule has 1 saturated carbocycles. The van der Waals surface area contributed by atoms with E-state index in [1.165, 1.54) is 32.1 Å². The fourth-order valence-electron chi connectivity index (χ4n) is 4.53. The van der Waals surface area contributed by atoms with Crippen molar-refractivity contribution in [3.8, 4) is 0 Å². The molecule has 1 aliphatic heterocycles. The summed E-state index contributed by atoms with van der Waals surface area (Å²) < 4.78 is 33.4. The normalized spacial score (nSPS) is 17.5. The van der Waals surface area contributed by atoms with Gasteiger partial charge in [0.25, 0.3) is 16.0 Å². The van der Waals surface area contributed by atoms with E-state index in [0.717, 1.165) is 65.0 Å². The Balaban J connectivity index is 0.000000556. The predicted octanol–water partition coefficient (Wildman–Crippen LogP) is 3.89. The number of anilines is 1. The molecule has 0 atom stereocenters. The molecule has 2 aliphatic rings. The van der Waals surface area contributed by atoms with Gasteiger partial charge < -0.3 is 10.1 Å². The number of hydrogen-bond acceptors (Lipinski definition) is 8. The second kappa shape index (κ2) is 11.8. The average Bonchev–Trinajstić information content (AvgIpc) is 3.41. The first-order valence-corrected chi connectivity index (χ1v) is 14.8. The molecule has 0 aromatic carbocycles. The standard InChI is InChI=1S/C23H29N5O2S.CH4O3S/c1-16-20-13-21(31-23(20)28(26-16)19-5-3-2-4-6-19)22(29)25-17-7-8-18(24-14-17)15-27-9-11-30-12-10-27;1-5(2,3)4/h7-8,13-14,19H,2-6,9-12,15H2,1H3,(H,25,29);1H3,(H,2,3,4). The van der Waals surface area contributed by atoms with Gasteiger partial charge in [-0.05, 0) is 38.0 Å². The van der Waals surface area contributed by atoms with Crippen molar-refractivity contribution < 1.29 is 22.5 Å². The molecule has 196 valence electrons. The maximum absolute atomic E-state index is 12.9.